The number of hydrogen-bond donors (Lipinski definition) is 6. The van der Waals surface area contributed by atoms with Crippen molar-refractivity contribution in [3.8, 4) is 0 Å². The highest BCUT2D eigenvalue weighted by Gasteiger charge is 2.24. The van der Waals surface area contributed by atoms with E-state index in [1.807, 2.05) is 26.0 Å². The SMILES string of the molecule is CC(C)C1=CCNCC1.CC(C)C1CCNCC1.CC(C)N1CCNCC1.CC(C)N1CCOCC1.CC(C)N1CCS(=O)(=O)CC1.CC(C)N1CCSCC1.CC(C)c1cc(Cl)cc(Cl)c1.CC(C)c1ccc(CN)cc1.CC(C)c1cccc(CN(CCO)CCO)c1.CC(C)c1cccc(CN2CCOCC2)c1.Cc1cc(C(C)C)cc(C)n1.Cc1cccc(C)c1C(C)C. The second-order valence-corrected chi connectivity index (χ2v) is 44.4. The number of pyridine rings is 1. The normalized spacial score (nSPS) is 16.8. The molecule has 1 aromatic heterocycles. The Morgan fingerprint density at radius 3 is 1.25 bits per heavy atom. The van der Waals surface area contributed by atoms with Gasteiger partial charge in [-0.1, -0.05) is 237 Å². The lowest BCUT2D eigenvalue weighted by Crippen LogP contribution is -2.46. The van der Waals surface area contributed by atoms with E-state index in [9.17, 15) is 8.42 Å². The van der Waals surface area contributed by atoms with Gasteiger partial charge in [0.1, 0.15) is 0 Å². The highest BCUT2D eigenvalue weighted by molar-refractivity contribution is 7.99. The summed E-state index contributed by atoms with van der Waals surface area (Å²) in [5, 5.41) is 29.3. The smallest absolute Gasteiger partial charge is 0.152 e. The number of morpholine rings is 2. The van der Waals surface area contributed by atoms with Crippen molar-refractivity contribution in [2.75, 3.05) is 180 Å². The summed E-state index contributed by atoms with van der Waals surface area (Å²) in [5.41, 5.74) is 24.2. The molecule has 0 saturated carbocycles. The minimum Gasteiger partial charge on any atom is -0.395 e. The van der Waals surface area contributed by atoms with E-state index < -0.39 is 9.84 Å². The van der Waals surface area contributed by atoms with E-state index in [0.717, 1.165) is 127 Å². The Labute approximate surface area is 829 Å². The number of aliphatic hydroxyl groups is 2. The number of nitrogens with zero attached hydrogens (tertiary/aromatic N) is 7. The van der Waals surface area contributed by atoms with Gasteiger partial charge in [-0.25, -0.2) is 8.42 Å². The molecular weight excluding hydrogens is 1730 g/mol. The molecule has 7 aliphatic heterocycles. The van der Waals surface area contributed by atoms with Crippen molar-refractivity contribution in [1.29, 1.82) is 0 Å². The van der Waals surface area contributed by atoms with Gasteiger partial charge in [-0.3, -0.25) is 34.4 Å². The second kappa shape index (κ2) is 71.7. The maximum Gasteiger partial charge on any atom is 0.152 e. The molecule has 17 nitrogen and oxygen atoms in total. The van der Waals surface area contributed by atoms with Crippen molar-refractivity contribution in [1.82, 2.24) is 50.3 Å². The Bertz CT molecular complexity index is 3850. The molecule has 758 valence electrons. The fraction of sp³-hybridized carbons (Fsp3) is 0.670. The molecule has 0 spiro atoms. The largest absolute Gasteiger partial charge is 0.395 e. The topological polar surface area (TPSA) is 188 Å². The second-order valence-electron chi connectivity index (χ2n) is 40.0. The number of nitrogens with one attached hydrogen (secondary N) is 3. The van der Waals surface area contributed by atoms with Crippen LogP contribution in [0.1, 0.15) is 294 Å². The van der Waals surface area contributed by atoms with Crippen LogP contribution >= 0.6 is 35.0 Å². The van der Waals surface area contributed by atoms with Crippen LogP contribution in [0.15, 0.2) is 133 Å². The summed E-state index contributed by atoms with van der Waals surface area (Å²) in [4.78, 5) is 18.5. The first-order chi connectivity index (χ1) is 63.0. The number of benzene rings is 5. The monoisotopic (exact) mass is 1920 g/mol. The maximum atomic E-state index is 11.0. The number of thioether (sulfide) groups is 1. The number of sulfone groups is 1. The van der Waals surface area contributed by atoms with Crippen molar-refractivity contribution < 1.29 is 28.1 Å². The van der Waals surface area contributed by atoms with Crippen LogP contribution in [0, 0.1) is 45.4 Å². The number of hydrogen-bond acceptors (Lipinski definition) is 18. The van der Waals surface area contributed by atoms with Crippen LogP contribution < -0.4 is 21.7 Å². The molecule has 0 amide bonds. The number of piperazine rings is 1. The maximum absolute atomic E-state index is 11.0. The van der Waals surface area contributed by atoms with Crippen LogP contribution in [-0.4, -0.2) is 258 Å². The Kier molecular flexibility index (Phi) is 67.0. The molecule has 6 aromatic rings. The number of aliphatic hydroxyl groups excluding tert-OH is 2. The molecule has 5 aromatic carbocycles. The van der Waals surface area contributed by atoms with E-state index >= 15 is 0 Å². The zero-order valence-electron chi connectivity index (χ0n) is 89.0. The molecular formula is C112H193Cl2N11O6S2. The van der Waals surface area contributed by atoms with Gasteiger partial charge in [-0.15, -0.1) is 0 Å². The molecule has 7 N–H and O–H groups in total. The predicted octanol–water partition coefficient (Wildman–Crippen LogP) is 22.7. The number of rotatable bonds is 21. The summed E-state index contributed by atoms with van der Waals surface area (Å²) >= 11 is 13.7. The molecule has 0 unspecified atom stereocenters. The first-order valence-electron chi connectivity index (χ1n) is 50.8. The fourth-order valence-corrected chi connectivity index (χ4v) is 18.8. The zero-order chi connectivity index (χ0) is 99.5. The highest BCUT2D eigenvalue weighted by atomic mass is 35.5. The molecule has 6 saturated heterocycles. The lowest BCUT2D eigenvalue weighted by atomic mass is 9.87. The molecule has 0 atom stereocenters. The van der Waals surface area contributed by atoms with Crippen LogP contribution in [0.4, 0.5) is 0 Å². The van der Waals surface area contributed by atoms with Gasteiger partial charge in [0.2, 0.25) is 0 Å². The van der Waals surface area contributed by atoms with Crippen LogP contribution in [0.5, 0.6) is 0 Å². The van der Waals surface area contributed by atoms with Gasteiger partial charge in [0.05, 0.1) is 51.1 Å². The van der Waals surface area contributed by atoms with Gasteiger partial charge in [0, 0.05) is 175 Å². The minimum atomic E-state index is -2.69. The predicted molar refractivity (Wildman–Crippen MR) is 581 cm³/mol. The van der Waals surface area contributed by atoms with Crippen molar-refractivity contribution >= 4 is 44.8 Å². The first-order valence-corrected chi connectivity index (χ1v) is 54.6. The van der Waals surface area contributed by atoms with E-state index in [2.05, 4.69) is 351 Å². The molecule has 133 heavy (non-hydrogen) atoms. The van der Waals surface area contributed by atoms with Gasteiger partial charge < -0.3 is 41.4 Å². The molecule has 0 bridgehead atoms. The summed E-state index contributed by atoms with van der Waals surface area (Å²) in [7, 11) is -2.69. The fourth-order valence-electron chi connectivity index (χ4n) is 16.1. The quantitative estimate of drug-likeness (QED) is 0.0373. The standard InChI is InChI=1S/C14H23NO2.C14H21NO.C11H16.2C10H15N.C9H10Cl2.C8H17N.C8H15N.C7H16N2.C7H15NO2S.C7H15NO.C7H15NS/c1-12(2)14-5-3-4-13(10-14)11-15(6-8-16)7-9-17;1-12(2)14-5-3-4-13(10-14)11-15-6-8-16-9-7-15;1-8(2)11-9(3)6-5-7-10(11)4;1-7(2)10-5-8(3)11-9(4)6-10;1-8(2)10-5-3-9(7-11)4-6-10;1-6(2)7-3-8(10)5-9(11)4-7;2*1-7(2)8-3-5-9-6-4-8;1-7(2)9-5-3-8-4-6-9;1-7(2)8-3-5-11(9,10)6-4-8;2*1-7(2)8-3-5-9-6-4-8/h3-5,10,12,16-17H,6-9,11H2,1-2H3;3-5,10,12H,6-9,11H2,1-2H3;5-8H,1-4H3;5-7H,1-4H3;3-6,8H,7,11H2,1-2H3;3-6H,1-2H3;7-9H,3-6H2,1-2H3;3,7,9H,4-6H2,1-2H3;7-8H,3-6H2,1-2H3;7H,3-6H2,1-2H3;2*7H,3-6H2,1-2H3. The first kappa shape index (κ1) is 124. The van der Waals surface area contributed by atoms with Crippen LogP contribution in [0.3, 0.4) is 0 Å². The van der Waals surface area contributed by atoms with Gasteiger partial charge in [-0.2, -0.15) is 11.8 Å². The van der Waals surface area contributed by atoms with Gasteiger partial charge in [0.15, 0.2) is 9.84 Å². The van der Waals surface area contributed by atoms with Crippen molar-refractivity contribution in [3.05, 3.63) is 216 Å². The molecule has 8 heterocycles. The van der Waals surface area contributed by atoms with Crippen LogP contribution in [-0.2, 0) is 38.9 Å². The molecule has 6 fully saturated rings. The van der Waals surface area contributed by atoms with E-state index in [1.165, 1.54) is 138 Å². The Balaban J connectivity index is 0.000000494. The highest BCUT2D eigenvalue weighted by Crippen LogP contribution is 2.27. The lowest BCUT2D eigenvalue weighted by molar-refractivity contribution is 0.0238. The van der Waals surface area contributed by atoms with E-state index in [1.54, 1.807) is 11.6 Å². The van der Waals surface area contributed by atoms with E-state index in [4.69, 9.17) is 48.6 Å². The average molecular weight is 1920 g/mol. The molecule has 0 aliphatic carbocycles. The number of piperidine rings is 1. The molecule has 13 rings (SSSR count). The van der Waals surface area contributed by atoms with Crippen LogP contribution in [0.25, 0.3) is 0 Å². The summed E-state index contributed by atoms with van der Waals surface area (Å²) < 4.78 is 32.5. The summed E-state index contributed by atoms with van der Waals surface area (Å²) in [6, 6.07) is 45.0. The number of halogens is 2. The van der Waals surface area contributed by atoms with Crippen molar-refractivity contribution in [2.24, 2.45) is 23.5 Å². The van der Waals surface area contributed by atoms with Gasteiger partial charge in [-0.05, 0) is 267 Å². The van der Waals surface area contributed by atoms with Gasteiger partial charge >= 0.3 is 0 Å². The van der Waals surface area contributed by atoms with Crippen LogP contribution in [0.2, 0.25) is 10.0 Å². The lowest BCUT2D eigenvalue weighted by Gasteiger charge is -2.30. The summed E-state index contributed by atoms with van der Waals surface area (Å²) in [5.74, 6) is 9.47. The molecule has 0 radical (unpaired) electrons. The number of ether oxygens (including phenoxy) is 2. The Morgan fingerprint density at radius 1 is 0.451 bits per heavy atom. The third-order valence-electron chi connectivity index (χ3n) is 25.0. The minimum absolute atomic E-state index is 0.129. The average Bonchev–Trinajstić information content (AvgIpc) is 0.845. The molecule has 7 aliphatic rings. The van der Waals surface area contributed by atoms with Crippen molar-refractivity contribution in [3.63, 3.8) is 0 Å². The summed E-state index contributed by atoms with van der Waals surface area (Å²) in [6.45, 7) is 87.1. The number of aromatic nitrogens is 1. The summed E-state index contributed by atoms with van der Waals surface area (Å²) in [6.07, 6.45) is 6.33. The third-order valence-corrected chi connectivity index (χ3v) is 28.0. The van der Waals surface area contributed by atoms with Gasteiger partial charge in [0.25, 0.3) is 0 Å². The Morgan fingerprint density at radius 2 is 0.872 bits per heavy atom. The van der Waals surface area contributed by atoms with Crippen molar-refractivity contribution in [2.45, 2.75) is 292 Å². The zero-order valence-corrected chi connectivity index (χ0v) is 92.1. The number of aryl methyl sites for hydroxylation is 4. The Hall–Kier alpha value is -4.69. The molecule has 21 heteroatoms. The third kappa shape index (κ3) is 57.0. The van der Waals surface area contributed by atoms with E-state index in [0.29, 0.717) is 102 Å². The number of nitrogens with two attached hydrogens (primary N) is 1. The van der Waals surface area contributed by atoms with E-state index in [-0.39, 0.29) is 13.2 Å².